The highest BCUT2D eigenvalue weighted by molar-refractivity contribution is 5.61. The molecule has 1 heterocycles. The van der Waals surface area contributed by atoms with Crippen molar-refractivity contribution in [2.75, 3.05) is 36.0 Å². The molecule has 0 radical (unpaired) electrons. The van der Waals surface area contributed by atoms with Crippen LogP contribution in [0.1, 0.15) is 0 Å². The molecule has 1 saturated heterocycles. The number of nitro groups is 1. The van der Waals surface area contributed by atoms with Gasteiger partial charge in [-0.05, 0) is 12.1 Å². The molecule has 0 spiro atoms. The number of phenolic OH excluding ortho intramolecular Hbond substituents is 2. The van der Waals surface area contributed by atoms with E-state index in [9.17, 15) is 24.7 Å². The standard InChI is InChI=1S/C16H16FN3O4/c17-13-9-15(20(23)24)16(22)10-14(13)19-6-4-18(5-7-19)11-2-1-3-12(21)8-11/h1-3,8-10,21-22H,4-7H2. The summed E-state index contributed by atoms with van der Waals surface area (Å²) in [6, 6.07) is 8.73. The molecular formula is C16H16FN3O4. The van der Waals surface area contributed by atoms with E-state index in [0.29, 0.717) is 26.2 Å². The molecule has 2 aromatic rings. The van der Waals surface area contributed by atoms with Gasteiger partial charge in [-0.15, -0.1) is 0 Å². The lowest BCUT2D eigenvalue weighted by atomic mass is 10.2. The number of phenols is 2. The van der Waals surface area contributed by atoms with Crippen LogP contribution in [0.4, 0.5) is 21.5 Å². The molecule has 0 amide bonds. The lowest BCUT2D eigenvalue weighted by Crippen LogP contribution is -2.46. The maximum atomic E-state index is 14.1. The Balaban J connectivity index is 1.75. The van der Waals surface area contributed by atoms with Crippen LogP contribution < -0.4 is 9.80 Å². The first kappa shape index (κ1) is 15.9. The predicted octanol–water partition coefficient (Wildman–Crippen LogP) is 2.47. The second-order valence-electron chi connectivity index (χ2n) is 5.54. The first-order valence-corrected chi connectivity index (χ1v) is 7.41. The normalized spacial score (nSPS) is 14.7. The average molecular weight is 333 g/mol. The van der Waals surface area contributed by atoms with Crippen molar-refractivity contribution in [1.29, 1.82) is 0 Å². The number of halogens is 1. The molecule has 0 bridgehead atoms. The fraction of sp³-hybridized carbons (Fsp3) is 0.250. The van der Waals surface area contributed by atoms with E-state index in [1.54, 1.807) is 23.1 Å². The second-order valence-corrected chi connectivity index (χ2v) is 5.54. The number of piperazine rings is 1. The Bertz CT molecular complexity index is 776. The lowest BCUT2D eigenvalue weighted by molar-refractivity contribution is -0.386. The van der Waals surface area contributed by atoms with Gasteiger partial charge >= 0.3 is 5.69 Å². The quantitative estimate of drug-likeness (QED) is 0.662. The molecule has 2 aromatic carbocycles. The van der Waals surface area contributed by atoms with Gasteiger partial charge in [0.1, 0.15) is 5.75 Å². The highest BCUT2D eigenvalue weighted by Crippen LogP contribution is 2.34. The van der Waals surface area contributed by atoms with E-state index in [1.165, 1.54) is 0 Å². The van der Waals surface area contributed by atoms with Gasteiger partial charge in [0.15, 0.2) is 11.6 Å². The van der Waals surface area contributed by atoms with Crippen molar-refractivity contribution in [2.45, 2.75) is 0 Å². The molecule has 0 saturated carbocycles. The summed E-state index contributed by atoms with van der Waals surface area (Å²) in [6.07, 6.45) is 0. The molecule has 7 nitrogen and oxygen atoms in total. The van der Waals surface area contributed by atoms with Gasteiger partial charge in [-0.1, -0.05) is 6.07 Å². The van der Waals surface area contributed by atoms with Gasteiger partial charge in [0, 0.05) is 44.0 Å². The van der Waals surface area contributed by atoms with Crippen LogP contribution in [0, 0.1) is 15.9 Å². The Morgan fingerprint density at radius 3 is 2.33 bits per heavy atom. The maximum Gasteiger partial charge on any atom is 0.313 e. The van der Waals surface area contributed by atoms with Gasteiger partial charge in [-0.2, -0.15) is 0 Å². The minimum Gasteiger partial charge on any atom is -0.508 e. The summed E-state index contributed by atoms with van der Waals surface area (Å²) in [7, 11) is 0. The highest BCUT2D eigenvalue weighted by atomic mass is 19.1. The smallest absolute Gasteiger partial charge is 0.313 e. The molecule has 0 atom stereocenters. The van der Waals surface area contributed by atoms with Crippen LogP contribution in [0.25, 0.3) is 0 Å². The molecule has 1 aliphatic rings. The van der Waals surface area contributed by atoms with Crippen LogP contribution >= 0.6 is 0 Å². The van der Waals surface area contributed by atoms with Crippen molar-refractivity contribution in [3.8, 4) is 11.5 Å². The van der Waals surface area contributed by atoms with Crippen molar-refractivity contribution in [3.63, 3.8) is 0 Å². The van der Waals surface area contributed by atoms with Gasteiger partial charge in [0.05, 0.1) is 16.7 Å². The highest BCUT2D eigenvalue weighted by Gasteiger charge is 2.24. The Morgan fingerprint density at radius 2 is 1.71 bits per heavy atom. The van der Waals surface area contributed by atoms with Crippen molar-refractivity contribution in [3.05, 3.63) is 52.3 Å². The molecular weight excluding hydrogens is 317 g/mol. The molecule has 1 fully saturated rings. The Morgan fingerprint density at radius 1 is 1.04 bits per heavy atom. The number of nitro benzene ring substituents is 1. The third-order valence-corrected chi connectivity index (χ3v) is 4.06. The number of rotatable bonds is 3. The van der Waals surface area contributed by atoms with E-state index in [2.05, 4.69) is 4.90 Å². The Labute approximate surface area is 137 Å². The van der Waals surface area contributed by atoms with Crippen molar-refractivity contribution >= 4 is 17.1 Å². The topological polar surface area (TPSA) is 90.1 Å². The maximum absolute atomic E-state index is 14.1. The monoisotopic (exact) mass is 333 g/mol. The van der Waals surface area contributed by atoms with E-state index in [4.69, 9.17) is 0 Å². The molecule has 1 aliphatic heterocycles. The number of aromatic hydroxyl groups is 2. The zero-order valence-corrected chi connectivity index (χ0v) is 12.7. The van der Waals surface area contributed by atoms with Crippen LogP contribution in [-0.2, 0) is 0 Å². The third kappa shape index (κ3) is 3.03. The largest absolute Gasteiger partial charge is 0.508 e. The summed E-state index contributed by atoms with van der Waals surface area (Å²) in [5.41, 5.74) is 0.380. The molecule has 0 aromatic heterocycles. The lowest BCUT2D eigenvalue weighted by Gasteiger charge is -2.37. The van der Waals surface area contributed by atoms with Crippen molar-refractivity contribution < 1.29 is 19.5 Å². The number of hydrogen-bond acceptors (Lipinski definition) is 6. The number of nitrogens with zero attached hydrogens (tertiary/aromatic N) is 3. The third-order valence-electron chi connectivity index (χ3n) is 4.06. The first-order valence-electron chi connectivity index (χ1n) is 7.41. The van der Waals surface area contributed by atoms with Gasteiger partial charge in [0.25, 0.3) is 0 Å². The fourth-order valence-corrected chi connectivity index (χ4v) is 2.82. The summed E-state index contributed by atoms with van der Waals surface area (Å²) in [4.78, 5) is 13.7. The Kier molecular flexibility index (Phi) is 4.11. The Hall–Kier alpha value is -3.03. The van der Waals surface area contributed by atoms with Gasteiger partial charge in [0.2, 0.25) is 0 Å². The summed E-state index contributed by atoms with van der Waals surface area (Å²) in [5, 5.41) is 30.0. The van der Waals surface area contributed by atoms with Crippen LogP contribution in [0.15, 0.2) is 36.4 Å². The first-order chi connectivity index (χ1) is 11.5. The summed E-state index contributed by atoms with van der Waals surface area (Å²) < 4.78 is 14.1. The van der Waals surface area contributed by atoms with Crippen LogP contribution in [0.2, 0.25) is 0 Å². The van der Waals surface area contributed by atoms with E-state index in [1.807, 2.05) is 6.07 Å². The van der Waals surface area contributed by atoms with Crippen LogP contribution in [-0.4, -0.2) is 41.3 Å². The van der Waals surface area contributed by atoms with Gasteiger partial charge in [-0.3, -0.25) is 10.1 Å². The zero-order valence-electron chi connectivity index (χ0n) is 12.7. The van der Waals surface area contributed by atoms with Crippen molar-refractivity contribution in [2.24, 2.45) is 0 Å². The predicted molar refractivity (Wildman–Crippen MR) is 87.3 cm³/mol. The van der Waals surface area contributed by atoms with E-state index in [0.717, 1.165) is 17.8 Å². The molecule has 126 valence electrons. The second kappa shape index (κ2) is 6.23. The van der Waals surface area contributed by atoms with E-state index in [-0.39, 0.29) is 11.4 Å². The van der Waals surface area contributed by atoms with Gasteiger partial charge < -0.3 is 20.0 Å². The summed E-state index contributed by atoms with van der Waals surface area (Å²) in [6.45, 7) is 2.18. The van der Waals surface area contributed by atoms with Crippen molar-refractivity contribution in [1.82, 2.24) is 0 Å². The van der Waals surface area contributed by atoms with Crippen LogP contribution in [0.5, 0.6) is 11.5 Å². The molecule has 0 unspecified atom stereocenters. The molecule has 2 N–H and O–H groups in total. The van der Waals surface area contributed by atoms with Crippen LogP contribution in [0.3, 0.4) is 0 Å². The molecule has 0 aliphatic carbocycles. The minimum absolute atomic E-state index is 0.147. The SMILES string of the molecule is O=[N+]([O-])c1cc(F)c(N2CCN(c3cccc(O)c3)CC2)cc1O. The number of hydrogen-bond donors (Lipinski definition) is 2. The number of benzene rings is 2. The molecule has 24 heavy (non-hydrogen) atoms. The zero-order chi connectivity index (χ0) is 17.3. The molecule has 3 rings (SSSR count). The van der Waals surface area contributed by atoms with E-state index >= 15 is 0 Å². The fourth-order valence-electron chi connectivity index (χ4n) is 2.82. The van der Waals surface area contributed by atoms with E-state index < -0.39 is 22.2 Å². The molecule has 8 heteroatoms. The minimum atomic E-state index is -0.817. The average Bonchev–Trinajstić information content (AvgIpc) is 2.56. The summed E-state index contributed by atoms with van der Waals surface area (Å²) >= 11 is 0. The number of anilines is 2. The van der Waals surface area contributed by atoms with Gasteiger partial charge in [-0.25, -0.2) is 4.39 Å². The summed E-state index contributed by atoms with van der Waals surface area (Å²) in [5.74, 6) is -1.10.